The lowest BCUT2D eigenvalue weighted by Gasteiger charge is -2.00. The minimum atomic E-state index is -0.380. The molecule has 7 nitrogen and oxygen atoms in total. The van der Waals surface area contributed by atoms with Crippen LogP contribution in [0.5, 0.6) is 0 Å². The molecule has 1 N–H and O–H groups in total. The Kier molecular flexibility index (Phi) is 4.10. The summed E-state index contributed by atoms with van der Waals surface area (Å²) in [5.41, 5.74) is 2.84. The zero-order valence-corrected chi connectivity index (χ0v) is 14.5. The van der Waals surface area contributed by atoms with Crippen molar-refractivity contribution in [2.45, 2.75) is 6.92 Å². The number of oxazole rings is 1. The Morgan fingerprint density at radius 3 is 2.85 bits per heavy atom. The van der Waals surface area contributed by atoms with Crippen LogP contribution in [0, 0.1) is 0 Å². The molecule has 130 valence electrons. The summed E-state index contributed by atoms with van der Waals surface area (Å²) in [6.45, 7) is 2.07. The highest BCUT2D eigenvalue weighted by molar-refractivity contribution is 7.22. The predicted molar refractivity (Wildman–Crippen MR) is 97.5 cm³/mol. The van der Waals surface area contributed by atoms with Gasteiger partial charge in [0.05, 0.1) is 22.4 Å². The topological polar surface area (TPSA) is 94.3 Å². The first-order chi connectivity index (χ1) is 12.6. The van der Waals surface area contributed by atoms with Crippen molar-refractivity contribution in [2.24, 2.45) is 0 Å². The summed E-state index contributed by atoms with van der Waals surface area (Å²) in [4.78, 5) is 32.7. The van der Waals surface area contributed by atoms with Crippen LogP contribution in [0.3, 0.4) is 0 Å². The van der Waals surface area contributed by atoms with Gasteiger partial charge in [-0.05, 0) is 43.3 Å². The van der Waals surface area contributed by atoms with E-state index in [0.29, 0.717) is 39.5 Å². The number of hydrogen-bond donors (Lipinski definition) is 1. The molecule has 0 fully saturated rings. The first kappa shape index (κ1) is 16.2. The maximum absolute atomic E-state index is 12.4. The lowest BCUT2D eigenvalue weighted by atomic mass is 10.2. The van der Waals surface area contributed by atoms with Crippen LogP contribution >= 0.6 is 11.3 Å². The third-order valence-electron chi connectivity index (χ3n) is 3.71. The average molecular weight is 367 g/mol. The molecule has 0 bridgehead atoms. The molecule has 2 aromatic carbocycles. The van der Waals surface area contributed by atoms with Crippen molar-refractivity contribution in [3.8, 4) is 0 Å². The molecule has 2 aromatic heterocycles. The summed E-state index contributed by atoms with van der Waals surface area (Å²) < 4.78 is 11.0. The first-order valence-corrected chi connectivity index (χ1v) is 8.68. The molecular formula is C18H13N3O4S. The quantitative estimate of drug-likeness (QED) is 0.550. The van der Waals surface area contributed by atoms with E-state index in [1.54, 1.807) is 43.3 Å². The van der Waals surface area contributed by atoms with Crippen LogP contribution < -0.4 is 5.32 Å². The van der Waals surface area contributed by atoms with E-state index in [-0.39, 0.29) is 11.9 Å². The molecule has 4 aromatic rings. The van der Waals surface area contributed by atoms with Crippen molar-refractivity contribution in [3.63, 3.8) is 0 Å². The molecule has 1 amide bonds. The van der Waals surface area contributed by atoms with Gasteiger partial charge >= 0.3 is 5.97 Å². The van der Waals surface area contributed by atoms with Crippen LogP contribution in [0.15, 0.2) is 47.2 Å². The molecule has 0 aliphatic rings. The van der Waals surface area contributed by atoms with Gasteiger partial charge in [0.2, 0.25) is 0 Å². The molecule has 0 aliphatic heterocycles. The molecule has 0 spiro atoms. The standard InChI is InChI=1S/C18H13N3O4S/c1-2-24-17(23)11-3-5-12-15(8-11)26-18(20-12)21-16(22)10-4-6-14-13(7-10)19-9-25-14/h3-9H,2H2,1H3,(H,20,21,22). The molecule has 0 atom stereocenters. The fourth-order valence-corrected chi connectivity index (χ4v) is 3.39. The zero-order chi connectivity index (χ0) is 18.1. The number of esters is 1. The van der Waals surface area contributed by atoms with Gasteiger partial charge in [-0.1, -0.05) is 11.3 Å². The molecule has 26 heavy (non-hydrogen) atoms. The Hall–Kier alpha value is -3.26. The van der Waals surface area contributed by atoms with E-state index in [9.17, 15) is 9.59 Å². The van der Waals surface area contributed by atoms with E-state index < -0.39 is 0 Å². The second kappa shape index (κ2) is 6.57. The van der Waals surface area contributed by atoms with Gasteiger partial charge in [-0.2, -0.15) is 0 Å². The Morgan fingerprint density at radius 1 is 1.15 bits per heavy atom. The van der Waals surface area contributed by atoms with E-state index >= 15 is 0 Å². The van der Waals surface area contributed by atoms with Gasteiger partial charge in [-0.3, -0.25) is 10.1 Å². The fourth-order valence-electron chi connectivity index (χ4n) is 2.49. The van der Waals surface area contributed by atoms with Gasteiger partial charge in [0.1, 0.15) is 5.52 Å². The number of ether oxygens (including phenoxy) is 1. The van der Waals surface area contributed by atoms with Crippen molar-refractivity contribution >= 4 is 49.7 Å². The molecule has 0 aliphatic carbocycles. The number of carbonyl (C=O) groups excluding carboxylic acids is 2. The summed E-state index contributed by atoms with van der Waals surface area (Å²) in [7, 11) is 0. The maximum atomic E-state index is 12.4. The summed E-state index contributed by atoms with van der Waals surface area (Å²) in [6, 6.07) is 10.1. The summed E-state index contributed by atoms with van der Waals surface area (Å²) in [5, 5.41) is 3.22. The number of thiazole rings is 1. The summed E-state index contributed by atoms with van der Waals surface area (Å²) >= 11 is 1.29. The minimum absolute atomic E-state index is 0.292. The van der Waals surface area contributed by atoms with Gasteiger partial charge in [0.15, 0.2) is 17.1 Å². The highest BCUT2D eigenvalue weighted by atomic mass is 32.1. The lowest BCUT2D eigenvalue weighted by Crippen LogP contribution is -2.11. The highest BCUT2D eigenvalue weighted by Crippen LogP contribution is 2.27. The molecule has 8 heteroatoms. The number of nitrogens with one attached hydrogen (secondary N) is 1. The number of rotatable bonds is 4. The van der Waals surface area contributed by atoms with Crippen LogP contribution in [0.25, 0.3) is 21.3 Å². The molecule has 2 heterocycles. The predicted octanol–water partition coefficient (Wildman–Crippen LogP) is 3.87. The van der Waals surface area contributed by atoms with Crippen LogP contribution in [0.1, 0.15) is 27.6 Å². The van der Waals surface area contributed by atoms with Crippen molar-refractivity contribution in [2.75, 3.05) is 11.9 Å². The molecule has 0 saturated heterocycles. The van der Waals surface area contributed by atoms with Gasteiger partial charge in [0.25, 0.3) is 5.91 Å². The van der Waals surface area contributed by atoms with E-state index in [1.807, 2.05) is 0 Å². The van der Waals surface area contributed by atoms with E-state index in [4.69, 9.17) is 9.15 Å². The molecule has 4 rings (SSSR count). The first-order valence-electron chi connectivity index (χ1n) is 7.86. The lowest BCUT2D eigenvalue weighted by molar-refractivity contribution is 0.0526. The second-order valence-corrected chi connectivity index (χ2v) is 6.44. The number of aromatic nitrogens is 2. The largest absolute Gasteiger partial charge is 0.462 e. The number of hydrogen-bond acceptors (Lipinski definition) is 7. The van der Waals surface area contributed by atoms with Crippen LogP contribution in [-0.4, -0.2) is 28.5 Å². The average Bonchev–Trinajstić information content (AvgIpc) is 3.26. The Balaban J connectivity index is 1.58. The monoisotopic (exact) mass is 367 g/mol. The van der Waals surface area contributed by atoms with Gasteiger partial charge in [-0.15, -0.1) is 0 Å². The smallest absolute Gasteiger partial charge is 0.338 e. The van der Waals surface area contributed by atoms with E-state index in [0.717, 1.165) is 4.70 Å². The van der Waals surface area contributed by atoms with Gasteiger partial charge in [0, 0.05) is 5.56 Å². The number of benzene rings is 2. The Labute approximate surface area is 151 Å². The van der Waals surface area contributed by atoms with E-state index in [2.05, 4.69) is 15.3 Å². The maximum Gasteiger partial charge on any atom is 0.338 e. The summed E-state index contributed by atoms with van der Waals surface area (Å²) in [5.74, 6) is -0.672. The number of anilines is 1. The summed E-state index contributed by atoms with van der Waals surface area (Å²) in [6.07, 6.45) is 1.33. The fraction of sp³-hybridized carbons (Fsp3) is 0.111. The van der Waals surface area contributed by atoms with Crippen LogP contribution in [0.4, 0.5) is 5.13 Å². The molecule has 0 unspecified atom stereocenters. The van der Waals surface area contributed by atoms with Crippen molar-refractivity contribution in [1.82, 2.24) is 9.97 Å². The molecular weight excluding hydrogens is 354 g/mol. The number of nitrogens with zero attached hydrogens (tertiary/aromatic N) is 2. The second-order valence-electron chi connectivity index (χ2n) is 5.41. The highest BCUT2D eigenvalue weighted by Gasteiger charge is 2.13. The van der Waals surface area contributed by atoms with Gasteiger partial charge < -0.3 is 9.15 Å². The molecule has 0 radical (unpaired) electrons. The number of amides is 1. The molecule has 0 saturated carbocycles. The normalized spacial score (nSPS) is 11.0. The Bertz CT molecular complexity index is 1130. The van der Waals surface area contributed by atoms with Gasteiger partial charge in [-0.25, -0.2) is 14.8 Å². The Morgan fingerprint density at radius 2 is 2.00 bits per heavy atom. The third-order valence-corrected chi connectivity index (χ3v) is 4.65. The van der Waals surface area contributed by atoms with Crippen molar-refractivity contribution in [1.29, 1.82) is 0 Å². The van der Waals surface area contributed by atoms with Crippen molar-refractivity contribution in [3.05, 3.63) is 53.9 Å². The minimum Gasteiger partial charge on any atom is -0.462 e. The van der Waals surface area contributed by atoms with Crippen LogP contribution in [-0.2, 0) is 4.74 Å². The van der Waals surface area contributed by atoms with Crippen LogP contribution in [0.2, 0.25) is 0 Å². The van der Waals surface area contributed by atoms with E-state index in [1.165, 1.54) is 17.7 Å². The number of carbonyl (C=O) groups is 2. The SMILES string of the molecule is CCOC(=O)c1ccc2nc(NC(=O)c3ccc4ocnc4c3)sc2c1. The van der Waals surface area contributed by atoms with Crippen molar-refractivity contribution < 1.29 is 18.7 Å². The zero-order valence-electron chi connectivity index (χ0n) is 13.7. The third kappa shape index (κ3) is 3.02. The number of fused-ring (bicyclic) bond motifs is 2.